The fourth-order valence-corrected chi connectivity index (χ4v) is 5.32. The number of rotatable bonds is 10. The molecule has 226 valence electrons. The van der Waals surface area contributed by atoms with Gasteiger partial charge >= 0.3 is 6.18 Å². The average Bonchev–Trinajstić information content (AvgIpc) is 3.30. The molecule has 4 rings (SSSR count). The molecule has 1 saturated carbocycles. The van der Waals surface area contributed by atoms with Crippen molar-refractivity contribution in [1.82, 2.24) is 14.8 Å². The number of carbonyl (C=O) groups excluding carboxylic acids is 1. The monoisotopic (exact) mass is 587 g/mol. The van der Waals surface area contributed by atoms with E-state index in [1.54, 1.807) is 30.3 Å². The van der Waals surface area contributed by atoms with Gasteiger partial charge in [0.2, 0.25) is 0 Å². The molecular weight excluding hydrogens is 550 g/mol. The van der Waals surface area contributed by atoms with Crippen molar-refractivity contribution in [3.63, 3.8) is 0 Å². The summed E-state index contributed by atoms with van der Waals surface area (Å²) in [5, 5.41) is 9.84. The second-order valence-corrected chi connectivity index (χ2v) is 10.6. The maximum Gasteiger partial charge on any atom is 0.406 e. The Balaban J connectivity index is 1.56. The lowest BCUT2D eigenvalue weighted by molar-refractivity contribution is -0.140. The molecule has 3 aromatic rings. The van der Waals surface area contributed by atoms with Crippen LogP contribution in [0.25, 0.3) is 10.9 Å². The maximum atomic E-state index is 13.6. The standard InChI is InChI=1S/C31H37F4N5O2/c1-36-30(41)21-9-14-27(29(18-21)42-17-15-32)37-16-5-6-24-19-25-26(38-22-10-12-23(13-11-22)39(2)3)7-4-8-28(25)40(24)20-31(33,34)35/h4,7-9,14,18-19,22-23,37-38H,10-13,15-17,20H2,1-3H3,(H,36,41)/t22-,23-. The minimum atomic E-state index is -4.43. The summed E-state index contributed by atoms with van der Waals surface area (Å²) in [7, 11) is 5.67. The van der Waals surface area contributed by atoms with Crippen molar-refractivity contribution in [2.75, 3.05) is 51.6 Å². The summed E-state index contributed by atoms with van der Waals surface area (Å²) in [5.74, 6) is 5.76. The Labute approximate surface area is 243 Å². The number of nitrogens with one attached hydrogen (secondary N) is 3. The molecule has 1 amide bonds. The van der Waals surface area contributed by atoms with E-state index in [1.165, 1.54) is 17.7 Å². The highest BCUT2D eigenvalue weighted by molar-refractivity contribution is 5.95. The van der Waals surface area contributed by atoms with Crippen LogP contribution < -0.4 is 20.7 Å². The van der Waals surface area contributed by atoms with Crippen LogP contribution in [0.2, 0.25) is 0 Å². The number of ether oxygens (including phenoxy) is 1. The van der Waals surface area contributed by atoms with Crippen LogP contribution in [0.15, 0.2) is 42.5 Å². The van der Waals surface area contributed by atoms with E-state index in [1.807, 2.05) is 6.07 Å². The van der Waals surface area contributed by atoms with Crippen molar-refractivity contribution < 1.29 is 27.1 Å². The minimum Gasteiger partial charge on any atom is -0.489 e. The van der Waals surface area contributed by atoms with E-state index in [2.05, 4.69) is 46.8 Å². The number of alkyl halides is 4. The number of halogens is 4. The van der Waals surface area contributed by atoms with Gasteiger partial charge in [0.25, 0.3) is 5.91 Å². The third kappa shape index (κ3) is 7.88. The molecule has 7 nitrogen and oxygen atoms in total. The summed E-state index contributed by atoms with van der Waals surface area (Å²) in [4.78, 5) is 14.2. The van der Waals surface area contributed by atoms with Crippen molar-refractivity contribution in [3.8, 4) is 17.6 Å². The Kier molecular flexibility index (Phi) is 10.2. The van der Waals surface area contributed by atoms with E-state index >= 15 is 0 Å². The first-order valence-corrected chi connectivity index (χ1v) is 14.0. The normalized spacial score (nSPS) is 17.0. The fourth-order valence-electron chi connectivity index (χ4n) is 5.32. The molecule has 1 aliphatic carbocycles. The number of nitrogens with zero attached hydrogens (tertiary/aromatic N) is 2. The molecule has 11 heteroatoms. The van der Waals surface area contributed by atoms with Gasteiger partial charge in [-0.3, -0.25) is 4.79 Å². The van der Waals surface area contributed by atoms with Crippen LogP contribution in [0.4, 0.5) is 28.9 Å². The number of hydrogen-bond acceptors (Lipinski definition) is 5. The Hall–Kier alpha value is -3.91. The van der Waals surface area contributed by atoms with Gasteiger partial charge in [0.1, 0.15) is 25.6 Å². The van der Waals surface area contributed by atoms with Crippen LogP contribution in [-0.4, -0.2) is 74.6 Å². The zero-order valence-corrected chi connectivity index (χ0v) is 24.1. The number of anilines is 2. The van der Waals surface area contributed by atoms with Gasteiger partial charge in [-0.05, 0) is 82.1 Å². The number of fused-ring (bicyclic) bond motifs is 1. The van der Waals surface area contributed by atoms with Crippen molar-refractivity contribution in [1.29, 1.82) is 0 Å². The average molecular weight is 588 g/mol. The summed E-state index contributed by atoms with van der Waals surface area (Å²) < 4.78 is 60.2. The lowest BCUT2D eigenvalue weighted by Gasteiger charge is -2.33. The van der Waals surface area contributed by atoms with Crippen LogP contribution in [0.3, 0.4) is 0 Å². The van der Waals surface area contributed by atoms with Gasteiger partial charge in [0, 0.05) is 35.8 Å². The molecule has 1 aliphatic rings. The highest BCUT2D eigenvalue weighted by atomic mass is 19.4. The highest BCUT2D eigenvalue weighted by Crippen LogP contribution is 2.32. The number of aromatic nitrogens is 1. The van der Waals surface area contributed by atoms with E-state index in [0.717, 1.165) is 31.4 Å². The Bertz CT molecular complexity index is 1430. The minimum absolute atomic E-state index is 0.0824. The molecule has 1 aromatic heterocycles. The second kappa shape index (κ2) is 13.8. The number of hydrogen-bond donors (Lipinski definition) is 3. The van der Waals surface area contributed by atoms with E-state index in [-0.39, 0.29) is 36.5 Å². The van der Waals surface area contributed by atoms with E-state index in [4.69, 9.17) is 4.74 Å². The van der Waals surface area contributed by atoms with Gasteiger partial charge in [-0.15, -0.1) is 0 Å². The summed E-state index contributed by atoms with van der Waals surface area (Å²) in [6.07, 6.45) is -0.323. The zero-order valence-electron chi connectivity index (χ0n) is 24.1. The first-order valence-electron chi connectivity index (χ1n) is 14.0. The molecule has 1 heterocycles. The zero-order chi connectivity index (χ0) is 30.3. The smallest absolute Gasteiger partial charge is 0.406 e. The number of benzene rings is 2. The van der Waals surface area contributed by atoms with Crippen LogP contribution in [0, 0.1) is 11.8 Å². The van der Waals surface area contributed by atoms with E-state index < -0.39 is 19.4 Å². The molecule has 0 unspecified atom stereocenters. The Morgan fingerprint density at radius 1 is 1.10 bits per heavy atom. The molecule has 0 saturated heterocycles. The molecule has 42 heavy (non-hydrogen) atoms. The summed E-state index contributed by atoms with van der Waals surface area (Å²) in [5.41, 5.74) is 2.34. The predicted octanol–water partition coefficient (Wildman–Crippen LogP) is 5.66. The SMILES string of the molecule is CNC(=O)c1ccc(NCC#Cc2cc3c(N[C@H]4CC[C@H](N(C)C)CC4)cccc3n2CC(F)(F)F)c(OCCF)c1. The van der Waals surface area contributed by atoms with Crippen LogP contribution in [0.5, 0.6) is 5.75 Å². The molecular formula is C31H37F4N5O2. The second-order valence-electron chi connectivity index (χ2n) is 10.6. The lowest BCUT2D eigenvalue weighted by atomic mass is 9.90. The van der Waals surface area contributed by atoms with Gasteiger partial charge in [-0.2, -0.15) is 13.2 Å². The molecule has 0 spiro atoms. The summed E-state index contributed by atoms with van der Waals surface area (Å²) in [6.45, 7) is -1.98. The van der Waals surface area contributed by atoms with Gasteiger partial charge in [0.15, 0.2) is 0 Å². The molecule has 0 aliphatic heterocycles. The molecule has 0 bridgehead atoms. The quantitative estimate of drug-likeness (QED) is 0.211. The fraction of sp³-hybridized carbons (Fsp3) is 0.452. The molecule has 3 N–H and O–H groups in total. The van der Waals surface area contributed by atoms with E-state index in [0.29, 0.717) is 28.2 Å². The van der Waals surface area contributed by atoms with Gasteiger partial charge in [-0.25, -0.2) is 4.39 Å². The molecule has 0 radical (unpaired) electrons. The predicted molar refractivity (Wildman–Crippen MR) is 158 cm³/mol. The topological polar surface area (TPSA) is 70.6 Å². The summed E-state index contributed by atoms with van der Waals surface area (Å²) >= 11 is 0. The van der Waals surface area contributed by atoms with Gasteiger partial charge in [0.05, 0.1) is 23.4 Å². The van der Waals surface area contributed by atoms with Crippen molar-refractivity contribution in [2.45, 2.75) is 50.5 Å². The highest BCUT2D eigenvalue weighted by Gasteiger charge is 2.30. The van der Waals surface area contributed by atoms with Gasteiger partial charge < -0.3 is 30.2 Å². The summed E-state index contributed by atoms with van der Waals surface area (Å²) in [6, 6.07) is 12.5. The molecule has 0 atom stereocenters. The largest absolute Gasteiger partial charge is 0.489 e. The molecule has 2 aromatic carbocycles. The van der Waals surface area contributed by atoms with Crippen LogP contribution >= 0.6 is 0 Å². The third-order valence-electron chi connectivity index (χ3n) is 7.46. The third-order valence-corrected chi connectivity index (χ3v) is 7.46. The maximum absolute atomic E-state index is 13.6. The van der Waals surface area contributed by atoms with Crippen molar-refractivity contribution in [2.24, 2.45) is 0 Å². The van der Waals surface area contributed by atoms with Crippen molar-refractivity contribution >= 4 is 28.2 Å². The first-order chi connectivity index (χ1) is 20.1. The first kappa shape index (κ1) is 31.0. The number of amides is 1. The van der Waals surface area contributed by atoms with Crippen molar-refractivity contribution in [3.05, 3.63) is 53.7 Å². The Morgan fingerprint density at radius 3 is 2.52 bits per heavy atom. The van der Waals surface area contributed by atoms with Crippen LogP contribution in [-0.2, 0) is 6.54 Å². The Morgan fingerprint density at radius 2 is 1.86 bits per heavy atom. The molecule has 1 fully saturated rings. The number of carbonyl (C=O) groups is 1. The van der Waals surface area contributed by atoms with E-state index in [9.17, 15) is 22.4 Å². The van der Waals surface area contributed by atoms with Gasteiger partial charge in [-0.1, -0.05) is 12.0 Å². The lowest BCUT2D eigenvalue weighted by Crippen LogP contribution is -2.36. The van der Waals surface area contributed by atoms with Crippen LogP contribution in [0.1, 0.15) is 41.7 Å².